The molecular weight excluding hydrogens is 675 g/mol. The van der Waals surface area contributed by atoms with Crippen LogP contribution in [0.5, 0.6) is 0 Å². The first-order valence-electron chi connectivity index (χ1n) is 22.9. The summed E-state index contributed by atoms with van der Waals surface area (Å²) in [5.41, 5.74) is 0. The first-order chi connectivity index (χ1) is 25.7. The minimum atomic E-state index is -0.0588. The molecule has 0 aliphatic rings. The van der Waals surface area contributed by atoms with Crippen LogP contribution >= 0.6 is 0 Å². The lowest BCUT2D eigenvalue weighted by atomic mass is 9.85. The lowest BCUT2D eigenvalue weighted by Gasteiger charge is -2.21. The Bertz CT molecular complexity index is 843. The van der Waals surface area contributed by atoms with E-state index >= 15 is 0 Å². The highest BCUT2D eigenvalue weighted by molar-refractivity contribution is 5.70. The third-order valence-electron chi connectivity index (χ3n) is 11.2. The topological polar surface area (TPSA) is 82.1 Å². The van der Waals surface area contributed by atoms with Crippen molar-refractivity contribution in [1.29, 1.82) is 0 Å². The zero-order valence-electron chi connectivity index (χ0n) is 37.5. The van der Waals surface area contributed by atoms with Crippen LogP contribution in [0.4, 0.5) is 0 Å². The van der Waals surface area contributed by atoms with Crippen LogP contribution in [0.2, 0.25) is 0 Å². The average molecular weight is 766 g/mol. The molecule has 2 unspecified atom stereocenters. The fourth-order valence-corrected chi connectivity index (χ4v) is 7.25. The van der Waals surface area contributed by atoms with Gasteiger partial charge in [-0.1, -0.05) is 120 Å². The lowest BCUT2D eigenvalue weighted by molar-refractivity contribution is -0.150. The molecule has 0 saturated heterocycles. The fraction of sp³-hybridized carbons (Fsp3) is 0.936. The Morgan fingerprint density at radius 2 is 0.815 bits per heavy atom. The maximum absolute atomic E-state index is 12.6. The van der Waals surface area contributed by atoms with Crippen molar-refractivity contribution in [2.24, 2.45) is 35.5 Å². The largest absolute Gasteiger partial charge is 0.466 e. The van der Waals surface area contributed by atoms with Crippen molar-refractivity contribution in [3.8, 4) is 0 Å². The van der Waals surface area contributed by atoms with E-state index in [9.17, 15) is 14.4 Å². The van der Waals surface area contributed by atoms with Crippen molar-refractivity contribution in [2.45, 2.75) is 216 Å². The smallest absolute Gasteiger partial charge is 0.306 e. The number of nitrogens with zero attached hydrogens (tertiary/aromatic N) is 1. The van der Waals surface area contributed by atoms with Crippen molar-refractivity contribution in [2.75, 3.05) is 33.9 Å². The Morgan fingerprint density at radius 1 is 0.426 bits per heavy atom. The Kier molecular flexibility index (Phi) is 33.6. The minimum Gasteiger partial charge on any atom is -0.466 e. The van der Waals surface area contributed by atoms with Crippen molar-refractivity contribution in [1.82, 2.24) is 4.90 Å². The molecule has 0 N–H and O–H groups in total. The minimum absolute atomic E-state index is 0.0111. The summed E-state index contributed by atoms with van der Waals surface area (Å²) in [6, 6.07) is 0. The summed E-state index contributed by atoms with van der Waals surface area (Å²) >= 11 is 0. The van der Waals surface area contributed by atoms with E-state index in [1.807, 2.05) is 14.1 Å². The van der Waals surface area contributed by atoms with Gasteiger partial charge in [0.05, 0.1) is 13.2 Å². The number of carbonyl (C=O) groups excluding carboxylic acids is 3. The molecule has 320 valence electrons. The molecule has 0 rings (SSSR count). The second-order valence-corrected chi connectivity index (χ2v) is 18.3. The van der Waals surface area contributed by atoms with Gasteiger partial charge in [0, 0.05) is 19.3 Å². The van der Waals surface area contributed by atoms with Gasteiger partial charge >= 0.3 is 17.9 Å². The molecule has 7 nitrogen and oxygen atoms in total. The van der Waals surface area contributed by atoms with Gasteiger partial charge in [-0.3, -0.25) is 14.4 Å². The van der Waals surface area contributed by atoms with Crippen LogP contribution in [0.3, 0.4) is 0 Å². The molecule has 0 aliphatic carbocycles. The van der Waals surface area contributed by atoms with Crippen LogP contribution in [0.25, 0.3) is 0 Å². The van der Waals surface area contributed by atoms with Crippen LogP contribution in [0, 0.1) is 35.5 Å². The van der Waals surface area contributed by atoms with Crippen molar-refractivity contribution < 1.29 is 28.6 Å². The maximum atomic E-state index is 12.6. The van der Waals surface area contributed by atoms with Gasteiger partial charge in [-0.15, -0.1) is 0 Å². The Labute approximate surface area is 335 Å². The zero-order chi connectivity index (χ0) is 40.6. The molecule has 0 heterocycles. The quantitative estimate of drug-likeness (QED) is 0.0354. The third kappa shape index (κ3) is 33.7. The van der Waals surface area contributed by atoms with Crippen molar-refractivity contribution in [3.05, 3.63) is 0 Å². The number of rotatable bonds is 37. The summed E-state index contributed by atoms with van der Waals surface area (Å²) in [6.07, 6.45) is 24.1. The van der Waals surface area contributed by atoms with Gasteiger partial charge in [0.25, 0.3) is 0 Å². The number of carbonyl (C=O) groups is 3. The molecule has 0 bridgehead atoms. The van der Waals surface area contributed by atoms with Gasteiger partial charge in [0.1, 0.15) is 6.10 Å². The Hall–Kier alpha value is -1.63. The van der Waals surface area contributed by atoms with Gasteiger partial charge in [0.2, 0.25) is 0 Å². The molecule has 0 aromatic carbocycles. The number of hydrogen-bond acceptors (Lipinski definition) is 7. The highest BCUT2D eigenvalue weighted by Gasteiger charge is 2.18. The monoisotopic (exact) mass is 766 g/mol. The number of esters is 3. The first kappa shape index (κ1) is 52.4. The van der Waals surface area contributed by atoms with E-state index in [-0.39, 0.29) is 24.0 Å². The molecule has 7 heteroatoms. The number of ether oxygens (including phenoxy) is 3. The van der Waals surface area contributed by atoms with Crippen LogP contribution in [0.1, 0.15) is 209 Å². The van der Waals surface area contributed by atoms with Gasteiger partial charge in [-0.25, -0.2) is 0 Å². The predicted molar refractivity (Wildman–Crippen MR) is 227 cm³/mol. The highest BCUT2D eigenvalue weighted by atomic mass is 16.5. The standard InChI is InChI=1S/C47H91NO6/c1-38(2)27-29-42(40(5)6)31-33-45(49)52-36-21-17-13-11-15-19-24-44(54-47(51)26-23-35-48(9)10)25-20-16-12-14-18-22-37-53-46(50)34-32-43(41(7)8)30-28-39(3)4/h38-44H,11-37H2,1-10H3. The molecule has 0 amide bonds. The van der Waals surface area contributed by atoms with Gasteiger partial charge in [-0.05, 0) is 127 Å². The van der Waals surface area contributed by atoms with E-state index in [2.05, 4.69) is 60.3 Å². The maximum Gasteiger partial charge on any atom is 0.306 e. The van der Waals surface area contributed by atoms with Crippen molar-refractivity contribution >= 4 is 17.9 Å². The summed E-state index contributed by atoms with van der Waals surface area (Å²) in [5, 5.41) is 0. The molecule has 0 aromatic heterocycles. The second-order valence-electron chi connectivity index (χ2n) is 18.3. The Morgan fingerprint density at radius 3 is 1.19 bits per heavy atom. The molecule has 2 atom stereocenters. The van der Waals surface area contributed by atoms with E-state index in [0.717, 1.165) is 116 Å². The van der Waals surface area contributed by atoms with Crippen molar-refractivity contribution in [3.63, 3.8) is 0 Å². The van der Waals surface area contributed by atoms with Crippen LogP contribution in [-0.2, 0) is 28.6 Å². The van der Waals surface area contributed by atoms with Crippen LogP contribution in [-0.4, -0.2) is 62.8 Å². The van der Waals surface area contributed by atoms with E-state index in [1.54, 1.807) is 0 Å². The van der Waals surface area contributed by atoms with E-state index < -0.39 is 0 Å². The average Bonchev–Trinajstić information content (AvgIpc) is 3.09. The summed E-state index contributed by atoms with van der Waals surface area (Å²) in [7, 11) is 4.06. The SMILES string of the molecule is CC(C)CCC(CCC(=O)OCCCCCCCCC(CCCCCCCCOC(=O)CCC(CCC(C)C)C(C)C)OC(=O)CCCN(C)C)C(C)C. The van der Waals surface area contributed by atoms with Gasteiger partial charge in [0.15, 0.2) is 0 Å². The fourth-order valence-electron chi connectivity index (χ4n) is 7.25. The summed E-state index contributed by atoms with van der Waals surface area (Å²) in [5.74, 6) is 3.70. The van der Waals surface area contributed by atoms with Gasteiger partial charge < -0.3 is 19.1 Å². The van der Waals surface area contributed by atoms with E-state index in [0.29, 0.717) is 68.0 Å². The molecule has 0 aliphatic heterocycles. The van der Waals surface area contributed by atoms with Gasteiger partial charge in [-0.2, -0.15) is 0 Å². The lowest BCUT2D eigenvalue weighted by Crippen LogP contribution is -2.20. The molecule has 0 fully saturated rings. The Balaban J connectivity index is 4.23. The first-order valence-corrected chi connectivity index (χ1v) is 22.9. The number of unbranched alkanes of at least 4 members (excludes halogenated alkanes) is 10. The molecule has 54 heavy (non-hydrogen) atoms. The third-order valence-corrected chi connectivity index (χ3v) is 11.2. The normalized spacial score (nSPS) is 13.6. The summed E-state index contributed by atoms with van der Waals surface area (Å²) in [6.45, 7) is 20.1. The second kappa shape index (κ2) is 34.6. The number of hydrogen-bond donors (Lipinski definition) is 0. The summed E-state index contributed by atoms with van der Waals surface area (Å²) < 4.78 is 17.1. The molecule has 0 radical (unpaired) electrons. The summed E-state index contributed by atoms with van der Waals surface area (Å²) in [4.78, 5) is 39.3. The van der Waals surface area contributed by atoms with E-state index in [1.165, 1.54) is 25.7 Å². The predicted octanol–water partition coefficient (Wildman–Crippen LogP) is 12.8. The molecule has 0 spiro atoms. The molecular formula is C47H91NO6. The molecule has 0 aromatic rings. The van der Waals surface area contributed by atoms with Crippen LogP contribution < -0.4 is 0 Å². The van der Waals surface area contributed by atoms with Crippen LogP contribution in [0.15, 0.2) is 0 Å². The zero-order valence-corrected chi connectivity index (χ0v) is 37.5. The van der Waals surface area contributed by atoms with E-state index in [4.69, 9.17) is 14.2 Å². The highest BCUT2D eigenvalue weighted by Crippen LogP contribution is 2.26. The molecule has 0 saturated carbocycles.